The SMILES string of the molecule is COP(=O)(O)OP(=O)(O)OP(=O)(O)OC[C@H]1S[C@@H](C2CNC(=O)NC2=O)[C@H](O)[C@@H]1O. The van der Waals surface area contributed by atoms with E-state index in [0.29, 0.717) is 7.11 Å². The van der Waals surface area contributed by atoms with Crippen LogP contribution in [-0.2, 0) is 36.2 Å². The lowest BCUT2D eigenvalue weighted by atomic mass is 9.95. The van der Waals surface area contributed by atoms with E-state index in [-0.39, 0.29) is 6.54 Å². The summed E-state index contributed by atoms with van der Waals surface area (Å²) in [5, 5.41) is 22.7. The van der Waals surface area contributed by atoms with Crippen LogP contribution in [0.1, 0.15) is 0 Å². The first-order chi connectivity index (χ1) is 13.7. The predicted octanol–water partition coefficient (Wildman–Crippen LogP) is -1.35. The monoisotopic (exact) mass is 516 g/mol. The van der Waals surface area contributed by atoms with Crippen LogP contribution in [0, 0.1) is 5.92 Å². The number of thioether (sulfide) groups is 1. The molecule has 2 fully saturated rings. The van der Waals surface area contributed by atoms with E-state index in [1.165, 1.54) is 0 Å². The van der Waals surface area contributed by atoms with Gasteiger partial charge >= 0.3 is 29.5 Å². The van der Waals surface area contributed by atoms with E-state index in [0.717, 1.165) is 11.8 Å². The third kappa shape index (κ3) is 6.81. The minimum Gasteiger partial charge on any atom is -0.389 e. The van der Waals surface area contributed by atoms with Gasteiger partial charge in [0.15, 0.2) is 0 Å². The minimum absolute atomic E-state index is 0.118. The molecule has 16 nitrogen and oxygen atoms in total. The van der Waals surface area contributed by atoms with Crippen LogP contribution in [-0.4, -0.2) is 79.8 Å². The first-order valence-corrected chi connectivity index (χ1v) is 13.3. The number of urea groups is 1. The Morgan fingerprint density at radius 3 is 2.20 bits per heavy atom. The van der Waals surface area contributed by atoms with Crippen LogP contribution >= 0.6 is 35.2 Å². The highest BCUT2D eigenvalue weighted by atomic mass is 32.2. The van der Waals surface area contributed by atoms with Crippen molar-refractivity contribution in [1.82, 2.24) is 10.6 Å². The first kappa shape index (κ1) is 25.9. The predicted molar refractivity (Wildman–Crippen MR) is 96.8 cm³/mol. The highest BCUT2D eigenvalue weighted by molar-refractivity contribution is 8.01. The van der Waals surface area contributed by atoms with Crippen LogP contribution in [0.15, 0.2) is 0 Å². The molecule has 7 N–H and O–H groups in total. The Morgan fingerprint density at radius 1 is 1.03 bits per heavy atom. The van der Waals surface area contributed by atoms with Crippen LogP contribution < -0.4 is 10.6 Å². The number of carbonyl (C=O) groups is 2. The highest BCUT2D eigenvalue weighted by Gasteiger charge is 2.50. The maximum atomic E-state index is 11.9. The molecule has 20 heteroatoms. The fraction of sp³-hybridized carbons (Fsp3) is 0.800. The zero-order valence-electron chi connectivity index (χ0n) is 15.0. The quantitative estimate of drug-likeness (QED) is 0.175. The number of carbonyl (C=O) groups excluding carboxylic acids is 2. The largest absolute Gasteiger partial charge is 0.490 e. The van der Waals surface area contributed by atoms with E-state index in [4.69, 9.17) is 4.89 Å². The van der Waals surface area contributed by atoms with E-state index >= 15 is 0 Å². The number of hydrogen-bond donors (Lipinski definition) is 7. The highest BCUT2D eigenvalue weighted by Crippen LogP contribution is 2.67. The summed E-state index contributed by atoms with van der Waals surface area (Å²) in [5.41, 5.74) is 0. The smallest absolute Gasteiger partial charge is 0.389 e. The van der Waals surface area contributed by atoms with Crippen molar-refractivity contribution in [3.8, 4) is 0 Å². The van der Waals surface area contributed by atoms with E-state index in [2.05, 4.69) is 23.0 Å². The van der Waals surface area contributed by atoms with Gasteiger partial charge in [-0.3, -0.25) is 19.2 Å². The maximum Gasteiger partial charge on any atom is 0.490 e. The third-order valence-corrected chi connectivity index (χ3v) is 9.82. The van der Waals surface area contributed by atoms with Gasteiger partial charge in [-0.25, -0.2) is 18.5 Å². The van der Waals surface area contributed by atoms with Gasteiger partial charge in [0.25, 0.3) is 0 Å². The average Bonchev–Trinajstić information content (AvgIpc) is 2.86. The van der Waals surface area contributed by atoms with Crippen LogP contribution in [0.5, 0.6) is 0 Å². The molecule has 2 heterocycles. The van der Waals surface area contributed by atoms with E-state index in [1.807, 2.05) is 5.32 Å². The summed E-state index contributed by atoms with van der Waals surface area (Å²) in [6.07, 6.45) is -3.00. The number of nitrogens with one attached hydrogen (secondary N) is 2. The normalized spacial score (nSPS) is 35.6. The molecule has 4 unspecified atom stereocenters. The molecule has 2 rings (SSSR count). The molecule has 3 amide bonds. The van der Waals surface area contributed by atoms with E-state index in [1.54, 1.807) is 0 Å². The second-order valence-electron chi connectivity index (χ2n) is 5.97. The Morgan fingerprint density at radius 2 is 1.63 bits per heavy atom. The lowest BCUT2D eigenvalue weighted by molar-refractivity contribution is -0.125. The maximum absolute atomic E-state index is 11.9. The van der Waals surface area contributed by atoms with Gasteiger partial charge < -0.3 is 30.2 Å². The van der Waals surface area contributed by atoms with Crippen molar-refractivity contribution in [3.05, 3.63) is 0 Å². The molecule has 174 valence electrons. The average molecular weight is 516 g/mol. The Bertz CT molecular complexity index is 826. The molecule has 2 aliphatic rings. The van der Waals surface area contributed by atoms with Crippen molar-refractivity contribution in [2.75, 3.05) is 20.3 Å². The summed E-state index contributed by atoms with van der Waals surface area (Å²) >= 11 is 0.818. The van der Waals surface area contributed by atoms with Crippen molar-refractivity contribution in [3.63, 3.8) is 0 Å². The molecular weight excluding hydrogens is 497 g/mol. The molecule has 8 atom stereocenters. The molecule has 0 aromatic heterocycles. The molecule has 0 aliphatic carbocycles. The number of rotatable bonds is 9. The van der Waals surface area contributed by atoms with Gasteiger partial charge in [0.05, 0.1) is 30.0 Å². The number of hydrogen-bond acceptors (Lipinski definition) is 12. The summed E-state index contributed by atoms with van der Waals surface area (Å²) in [4.78, 5) is 50.8. The molecule has 0 aromatic rings. The summed E-state index contributed by atoms with van der Waals surface area (Å²) in [6.45, 7) is -0.915. The Kier molecular flexibility index (Phi) is 8.30. The summed E-state index contributed by atoms with van der Waals surface area (Å²) in [6, 6.07) is -0.718. The number of phosphoric acid groups is 3. The fourth-order valence-corrected chi connectivity index (χ4v) is 7.54. The topological polar surface area (TPSA) is 247 Å². The lowest BCUT2D eigenvalue weighted by Gasteiger charge is -2.28. The summed E-state index contributed by atoms with van der Waals surface area (Å²) in [5.74, 6) is -1.61. The van der Waals surface area contributed by atoms with Crippen molar-refractivity contribution < 1.29 is 65.8 Å². The number of phosphoric ester groups is 2. The first-order valence-electron chi connectivity index (χ1n) is 7.88. The molecule has 0 saturated carbocycles. The summed E-state index contributed by atoms with van der Waals surface area (Å²) < 4.78 is 50.5. The van der Waals surface area contributed by atoms with Gasteiger partial charge in [-0.1, -0.05) is 0 Å². The number of amides is 3. The van der Waals surface area contributed by atoms with Crippen LogP contribution in [0.2, 0.25) is 0 Å². The van der Waals surface area contributed by atoms with Crippen molar-refractivity contribution in [1.29, 1.82) is 0 Å². The molecule has 2 aliphatic heterocycles. The van der Waals surface area contributed by atoms with E-state index < -0.39 is 70.6 Å². The van der Waals surface area contributed by atoms with Gasteiger partial charge in [-0.05, 0) is 0 Å². The molecule has 0 bridgehead atoms. The van der Waals surface area contributed by atoms with Gasteiger partial charge in [-0.2, -0.15) is 8.62 Å². The zero-order chi connectivity index (χ0) is 22.9. The van der Waals surface area contributed by atoms with Gasteiger partial charge in [0, 0.05) is 18.9 Å². The Hall–Kier alpha value is -0.380. The minimum atomic E-state index is -5.58. The van der Waals surface area contributed by atoms with Crippen molar-refractivity contribution >= 4 is 47.2 Å². The van der Waals surface area contributed by atoms with Crippen LogP contribution in [0.25, 0.3) is 0 Å². The third-order valence-electron chi connectivity index (χ3n) is 3.90. The molecule has 0 radical (unpaired) electrons. The second-order valence-corrected chi connectivity index (χ2v) is 12.1. The molecule has 2 saturated heterocycles. The van der Waals surface area contributed by atoms with Crippen LogP contribution in [0.3, 0.4) is 0 Å². The molecular formula is C10H19N2O14P3S. The zero-order valence-corrected chi connectivity index (χ0v) is 18.5. The summed E-state index contributed by atoms with van der Waals surface area (Å²) in [7, 11) is -15.3. The Labute approximate surface area is 173 Å². The molecule has 0 aromatic carbocycles. The van der Waals surface area contributed by atoms with Crippen LogP contribution in [0.4, 0.5) is 4.79 Å². The second kappa shape index (κ2) is 9.63. The molecule has 30 heavy (non-hydrogen) atoms. The Balaban J connectivity index is 1.97. The number of aliphatic hydroxyl groups is 2. The van der Waals surface area contributed by atoms with E-state index in [9.17, 15) is 43.3 Å². The van der Waals surface area contributed by atoms with Gasteiger partial charge in [-0.15, -0.1) is 11.8 Å². The fourth-order valence-electron chi connectivity index (χ4n) is 2.56. The van der Waals surface area contributed by atoms with Gasteiger partial charge in [0.2, 0.25) is 5.91 Å². The lowest BCUT2D eigenvalue weighted by Crippen LogP contribution is -2.56. The van der Waals surface area contributed by atoms with Gasteiger partial charge in [0.1, 0.15) is 0 Å². The van der Waals surface area contributed by atoms with Crippen molar-refractivity contribution in [2.45, 2.75) is 22.7 Å². The standard InChI is InChI=1S/C10H19N2O14P3S/c1-23-27(17,18)25-29(21,22)26-28(19,20)24-3-5-6(13)7(14)8(30-5)4-2-11-10(16)12-9(4)15/h4-8,13-14H,2-3H2,1H3,(H,17,18)(H,19,20)(H,21,22)(H2,11,12,15,16)/t4?,5-,6-,7-,8+/m1/s1. The van der Waals surface area contributed by atoms with Crippen molar-refractivity contribution in [2.24, 2.45) is 5.92 Å². The number of aliphatic hydroxyl groups excluding tert-OH is 2. The number of imide groups is 1. The molecule has 0 spiro atoms.